The Balaban J connectivity index is 2.70. The topological polar surface area (TPSA) is 66.4 Å². The molecule has 1 atom stereocenters. The maximum Gasteiger partial charge on any atom is 0.250 e. The van der Waals surface area contributed by atoms with Crippen LogP contribution in [0.5, 0.6) is 0 Å². The van der Waals surface area contributed by atoms with E-state index in [1.807, 2.05) is 26.8 Å². The normalized spacial score (nSPS) is 14.6. The molecule has 0 radical (unpaired) electrons. The summed E-state index contributed by atoms with van der Waals surface area (Å²) in [4.78, 5) is 1.06. The number of aliphatic hydroxyl groups excluding tert-OH is 1. The lowest BCUT2D eigenvalue weighted by Crippen LogP contribution is -2.35. The third-order valence-electron chi connectivity index (χ3n) is 2.84. The molecule has 0 unspecified atom stereocenters. The van der Waals surface area contributed by atoms with E-state index in [1.165, 1.54) is 11.3 Å². The van der Waals surface area contributed by atoms with E-state index in [2.05, 4.69) is 4.72 Å². The fraction of sp³-hybridized carbons (Fsp3) is 0.692. The molecule has 6 heteroatoms. The van der Waals surface area contributed by atoms with E-state index in [4.69, 9.17) is 0 Å². The molecule has 0 aromatic carbocycles. The summed E-state index contributed by atoms with van der Waals surface area (Å²) < 4.78 is 27.2. The van der Waals surface area contributed by atoms with Gasteiger partial charge in [0.1, 0.15) is 4.21 Å². The van der Waals surface area contributed by atoms with Crippen LogP contribution in [-0.2, 0) is 16.4 Å². The molecule has 0 bridgehead atoms. The molecule has 110 valence electrons. The summed E-state index contributed by atoms with van der Waals surface area (Å²) in [6.45, 7) is 7.91. The molecule has 0 saturated carbocycles. The van der Waals surface area contributed by atoms with Crippen LogP contribution < -0.4 is 4.72 Å². The molecule has 1 aromatic rings. The molecule has 0 aliphatic heterocycles. The summed E-state index contributed by atoms with van der Waals surface area (Å²) in [6.07, 6.45) is 0.960. The summed E-state index contributed by atoms with van der Waals surface area (Å²) in [5, 5.41) is 9.39. The standard InChI is InChI=1S/C13H23NO3S2/c1-5-11-6-7-12(18-11)19(16,17)14-9-13(3,4)8-10(2)15/h6-7,10,14-15H,5,8-9H2,1-4H3/t10-/m0/s1. The van der Waals surface area contributed by atoms with Gasteiger partial charge in [0.2, 0.25) is 10.0 Å². The third-order valence-corrected chi connectivity index (χ3v) is 5.96. The monoisotopic (exact) mass is 305 g/mol. The number of hydrogen-bond acceptors (Lipinski definition) is 4. The van der Waals surface area contributed by atoms with Crippen molar-refractivity contribution in [3.63, 3.8) is 0 Å². The van der Waals surface area contributed by atoms with Gasteiger partial charge in [-0.05, 0) is 37.3 Å². The van der Waals surface area contributed by atoms with Gasteiger partial charge in [-0.3, -0.25) is 0 Å². The molecule has 1 aromatic heterocycles. The van der Waals surface area contributed by atoms with Gasteiger partial charge >= 0.3 is 0 Å². The number of hydrogen-bond donors (Lipinski definition) is 2. The van der Waals surface area contributed by atoms with Crippen LogP contribution >= 0.6 is 11.3 Å². The van der Waals surface area contributed by atoms with Crippen molar-refractivity contribution in [3.8, 4) is 0 Å². The van der Waals surface area contributed by atoms with Crippen LogP contribution in [0.3, 0.4) is 0 Å². The van der Waals surface area contributed by atoms with Gasteiger partial charge in [-0.15, -0.1) is 11.3 Å². The number of aryl methyl sites for hydroxylation is 1. The van der Waals surface area contributed by atoms with Gasteiger partial charge in [-0.1, -0.05) is 20.8 Å². The van der Waals surface area contributed by atoms with Crippen LogP contribution in [0.25, 0.3) is 0 Å². The first kappa shape index (κ1) is 16.6. The lowest BCUT2D eigenvalue weighted by atomic mass is 9.87. The Hall–Kier alpha value is -0.430. The maximum atomic E-state index is 12.1. The van der Waals surface area contributed by atoms with Crippen LogP contribution in [0.2, 0.25) is 0 Å². The SMILES string of the molecule is CCc1ccc(S(=O)(=O)NCC(C)(C)C[C@H](C)O)s1. The predicted molar refractivity (Wildman–Crippen MR) is 79.0 cm³/mol. The number of nitrogens with one attached hydrogen (secondary N) is 1. The molecular weight excluding hydrogens is 282 g/mol. The third kappa shape index (κ3) is 5.22. The summed E-state index contributed by atoms with van der Waals surface area (Å²) in [5.74, 6) is 0. The van der Waals surface area contributed by atoms with Crippen LogP contribution in [0.15, 0.2) is 16.3 Å². The van der Waals surface area contributed by atoms with Crippen molar-refractivity contribution in [2.75, 3.05) is 6.54 Å². The molecule has 1 rings (SSSR count). The second-order valence-electron chi connectivity index (χ2n) is 5.62. The van der Waals surface area contributed by atoms with Crippen molar-refractivity contribution in [2.24, 2.45) is 5.41 Å². The first-order valence-corrected chi connectivity index (χ1v) is 8.73. The van der Waals surface area contributed by atoms with Crippen LogP contribution in [-0.4, -0.2) is 26.2 Å². The largest absolute Gasteiger partial charge is 0.393 e. The van der Waals surface area contributed by atoms with Crippen molar-refractivity contribution in [2.45, 2.75) is 50.8 Å². The molecule has 0 fully saturated rings. The molecule has 19 heavy (non-hydrogen) atoms. The lowest BCUT2D eigenvalue weighted by Gasteiger charge is -2.26. The van der Waals surface area contributed by atoms with E-state index in [0.29, 0.717) is 17.2 Å². The Morgan fingerprint density at radius 3 is 2.53 bits per heavy atom. The predicted octanol–water partition coefficient (Wildman–Crippen LogP) is 2.39. The summed E-state index contributed by atoms with van der Waals surface area (Å²) in [5.41, 5.74) is -0.272. The van der Waals surface area contributed by atoms with Gasteiger partial charge in [0.25, 0.3) is 0 Å². The van der Waals surface area contributed by atoms with Gasteiger partial charge in [-0.25, -0.2) is 13.1 Å². The van der Waals surface area contributed by atoms with Crippen LogP contribution in [0.4, 0.5) is 0 Å². The minimum absolute atomic E-state index is 0.272. The Bertz CT molecular complexity index is 504. The zero-order chi connectivity index (χ0) is 14.7. The molecular formula is C13H23NO3S2. The average Bonchev–Trinajstić information content (AvgIpc) is 2.74. The van der Waals surface area contributed by atoms with E-state index < -0.39 is 16.1 Å². The number of thiophene rings is 1. The van der Waals surface area contributed by atoms with Crippen molar-refractivity contribution in [3.05, 3.63) is 17.0 Å². The number of rotatable bonds is 7. The lowest BCUT2D eigenvalue weighted by molar-refractivity contribution is 0.131. The van der Waals surface area contributed by atoms with Crippen LogP contribution in [0.1, 0.15) is 39.0 Å². The van der Waals surface area contributed by atoms with Gasteiger partial charge in [0.15, 0.2) is 0 Å². The van der Waals surface area contributed by atoms with E-state index in [9.17, 15) is 13.5 Å². The Morgan fingerprint density at radius 2 is 2.05 bits per heavy atom. The Kier molecular flexibility index (Phi) is 5.55. The van der Waals surface area contributed by atoms with Gasteiger partial charge in [-0.2, -0.15) is 0 Å². The van der Waals surface area contributed by atoms with Gasteiger partial charge in [0.05, 0.1) is 6.10 Å². The highest BCUT2D eigenvalue weighted by atomic mass is 32.2. The van der Waals surface area contributed by atoms with E-state index in [-0.39, 0.29) is 5.41 Å². The summed E-state index contributed by atoms with van der Waals surface area (Å²) >= 11 is 1.30. The molecule has 0 amide bonds. The van der Waals surface area contributed by atoms with E-state index >= 15 is 0 Å². The molecule has 0 aliphatic carbocycles. The Labute approximate surface area is 119 Å². The zero-order valence-corrected chi connectivity index (χ0v) is 13.6. The van der Waals surface area contributed by atoms with Crippen molar-refractivity contribution >= 4 is 21.4 Å². The van der Waals surface area contributed by atoms with E-state index in [1.54, 1.807) is 13.0 Å². The van der Waals surface area contributed by atoms with Crippen LogP contribution in [0, 0.1) is 5.41 Å². The first-order chi connectivity index (χ1) is 8.66. The second-order valence-corrected chi connectivity index (χ2v) is 8.78. The fourth-order valence-corrected chi connectivity index (χ4v) is 4.51. The highest BCUT2D eigenvalue weighted by Crippen LogP contribution is 2.25. The zero-order valence-electron chi connectivity index (χ0n) is 11.9. The van der Waals surface area contributed by atoms with Crippen molar-refractivity contribution in [1.29, 1.82) is 0 Å². The summed E-state index contributed by atoms with van der Waals surface area (Å²) in [6, 6.07) is 3.49. The smallest absolute Gasteiger partial charge is 0.250 e. The van der Waals surface area contributed by atoms with Gasteiger partial charge in [0, 0.05) is 11.4 Å². The minimum atomic E-state index is -3.43. The number of sulfonamides is 1. The fourth-order valence-electron chi connectivity index (χ4n) is 1.93. The van der Waals surface area contributed by atoms with E-state index in [0.717, 1.165) is 11.3 Å². The van der Waals surface area contributed by atoms with Crippen molar-refractivity contribution in [1.82, 2.24) is 4.72 Å². The second kappa shape index (κ2) is 6.35. The number of aliphatic hydroxyl groups is 1. The minimum Gasteiger partial charge on any atom is -0.393 e. The molecule has 2 N–H and O–H groups in total. The molecule has 0 spiro atoms. The first-order valence-electron chi connectivity index (χ1n) is 6.43. The molecule has 4 nitrogen and oxygen atoms in total. The summed E-state index contributed by atoms with van der Waals surface area (Å²) in [7, 11) is -3.43. The highest BCUT2D eigenvalue weighted by molar-refractivity contribution is 7.91. The average molecular weight is 305 g/mol. The highest BCUT2D eigenvalue weighted by Gasteiger charge is 2.24. The molecule has 1 heterocycles. The maximum absolute atomic E-state index is 12.1. The molecule has 0 aliphatic rings. The van der Waals surface area contributed by atoms with Crippen molar-refractivity contribution < 1.29 is 13.5 Å². The Morgan fingerprint density at radius 1 is 1.42 bits per heavy atom. The van der Waals surface area contributed by atoms with Gasteiger partial charge < -0.3 is 5.11 Å². The molecule has 0 saturated heterocycles. The quantitative estimate of drug-likeness (QED) is 0.813.